The Balaban J connectivity index is 0. The Labute approximate surface area is 365 Å². The van der Waals surface area contributed by atoms with Gasteiger partial charge in [-0.3, -0.25) is 4.79 Å². The molecule has 2 aliphatic rings. The summed E-state index contributed by atoms with van der Waals surface area (Å²) in [6.45, 7) is 2.10. The maximum absolute atomic E-state index is 11.9. The average Bonchev–Trinajstić information content (AvgIpc) is 3.07. The summed E-state index contributed by atoms with van der Waals surface area (Å²) in [6, 6.07) is 8.91. The van der Waals surface area contributed by atoms with Crippen LogP contribution in [0.25, 0.3) is 0 Å². The van der Waals surface area contributed by atoms with Crippen LogP contribution in [0, 0.1) is 5.92 Å². The van der Waals surface area contributed by atoms with E-state index >= 15 is 0 Å². The van der Waals surface area contributed by atoms with Gasteiger partial charge in [0, 0.05) is 74.6 Å². The Morgan fingerprint density at radius 1 is 0.824 bits per heavy atom. The predicted octanol–water partition coefficient (Wildman–Crippen LogP) is 1.20. The van der Waals surface area contributed by atoms with Crippen LogP contribution in [0.15, 0.2) is 59.9 Å². The number of aromatic hydroxyl groups is 4. The zero-order valence-corrected chi connectivity index (χ0v) is 39.9. The Kier molecular flexibility index (Phi) is 31.8. The number of aliphatic hydroxyl groups is 6. The number of esters is 1. The van der Waals surface area contributed by atoms with E-state index in [-0.39, 0.29) is 91.2 Å². The van der Waals surface area contributed by atoms with Crippen molar-refractivity contribution >= 4 is 111 Å². The first-order chi connectivity index (χ1) is 23.7. The third-order valence-corrected chi connectivity index (χ3v) is 6.90. The monoisotopic (exact) mass is 1400 g/mol. The molecule has 2 aliphatic carbocycles. The molecule has 0 amide bonds. The Morgan fingerprint density at radius 2 is 1.31 bits per heavy atom. The van der Waals surface area contributed by atoms with Crippen molar-refractivity contribution in [3.8, 4) is 23.0 Å². The first kappa shape index (κ1) is 53.3. The minimum Gasteiger partial charge on any atom is -0.504 e. The number of carbonyl (C=O) groups is 2. The van der Waals surface area contributed by atoms with Crippen molar-refractivity contribution in [2.75, 3.05) is 13.2 Å². The molecule has 6 atom stereocenters. The molecule has 0 aliphatic heterocycles. The number of aliphatic hydroxyl groups excluding tert-OH is 6. The second-order valence-electron chi connectivity index (χ2n) is 10.5. The zero-order chi connectivity index (χ0) is 38.4. The third-order valence-electron chi connectivity index (χ3n) is 6.90. The molecule has 0 saturated heterocycles. The van der Waals surface area contributed by atoms with Crippen LogP contribution in [-0.2, 0) is 31.9 Å². The molecule has 0 saturated carbocycles. The minimum absolute atomic E-state index is 0. The van der Waals surface area contributed by atoms with Gasteiger partial charge in [0.2, 0.25) is 0 Å². The fourth-order valence-corrected chi connectivity index (χ4v) is 4.32. The zero-order valence-electron chi connectivity index (χ0n) is 26.8. The second-order valence-corrected chi connectivity index (χ2v) is 26.7. The normalized spacial score (nSPS) is 21.7. The number of carbonyl (C=O) groups excluding carboxylic acids is 2. The summed E-state index contributed by atoms with van der Waals surface area (Å²) in [6.07, 6.45) is -1.47. The molecule has 4 rings (SSSR count). The van der Waals surface area contributed by atoms with Crippen molar-refractivity contribution < 1.29 is 83.4 Å². The number of hydrogen-bond donors (Lipinski definition) is 10. The molecule has 0 heterocycles. The van der Waals surface area contributed by atoms with Gasteiger partial charge in [-0.25, -0.2) is 4.79 Å². The van der Waals surface area contributed by atoms with Crippen molar-refractivity contribution in [3.05, 3.63) is 71.0 Å². The van der Waals surface area contributed by atoms with Gasteiger partial charge < -0.3 is 60.5 Å². The topological polar surface area (TPSA) is 255 Å². The summed E-state index contributed by atoms with van der Waals surface area (Å²) in [4.78, 5) is 21.8. The average molecular weight is 1400 g/mol. The van der Waals surface area contributed by atoms with Gasteiger partial charge in [-0.05, 0) is 47.9 Å². The second kappa shape index (κ2) is 30.4. The summed E-state index contributed by atoms with van der Waals surface area (Å²) in [5.41, 5.74) is 1.89. The molecule has 0 radical (unpaired) electrons. The Morgan fingerprint density at radius 3 is 1.75 bits per heavy atom. The van der Waals surface area contributed by atoms with E-state index < -0.39 is 36.5 Å². The SMILES string of the molecule is C[C@@H]1C=C(C(=O)OCCc2ccc(O)c(O)c2)C[C@@H](O)[C@@H]1O.I.II.I[I-]I.O=COC1=C[C@@H](O)[C@@H](O)[C@H](O)C1.OCCc1ccc(O)c(O)c1. The molecule has 20 heteroatoms. The van der Waals surface area contributed by atoms with E-state index in [0.29, 0.717) is 31.7 Å². The molecule has 292 valence electrons. The van der Waals surface area contributed by atoms with Crippen LogP contribution in [0.2, 0.25) is 0 Å². The van der Waals surface area contributed by atoms with E-state index in [1.165, 1.54) is 30.3 Å². The molecule has 10 N–H and O–H groups in total. The fourth-order valence-electron chi connectivity index (χ4n) is 4.32. The standard InChI is InChI=1S/C16H20O6.C8H10O3.C7H10O5.I3.I2.HI/c1-9-6-11(8-14(19)15(9)20)16(21)22-5-4-10-2-3-12(17)13(18)7-10;9-4-3-6-1-2-7(10)8(11)5-6;8-3-12-4-1-5(9)7(11)6(10)2-4;1-3-2;1-2;/h2-3,6-7,9,14-15,17-20H,4-5,8H2,1H3;1-2,5,9-11H,3-4H2;1,3,5-7,9-11H,2H2;;;1H/q;;;-1;;/t9-,14-,15-;;5-,6-,7-;;;/m1.1.../s1. The number of ether oxygens (including phenoxy) is 2. The molecule has 0 spiro atoms. The number of phenols is 4. The molecule has 2 aromatic rings. The number of benzene rings is 2. The van der Waals surface area contributed by atoms with Crippen LogP contribution in [0.5, 0.6) is 23.0 Å². The summed E-state index contributed by atoms with van der Waals surface area (Å²) >= 11 is 9.54. The molecular formula is C31H41I6O14-. The molecule has 0 fully saturated rings. The van der Waals surface area contributed by atoms with Crippen molar-refractivity contribution in [3.63, 3.8) is 0 Å². The molecular weight excluding hydrogens is 1360 g/mol. The van der Waals surface area contributed by atoms with Crippen LogP contribution < -0.4 is 13.3 Å². The molecule has 51 heavy (non-hydrogen) atoms. The first-order valence-corrected chi connectivity index (χ1v) is 33.3. The molecule has 14 nitrogen and oxygen atoms in total. The van der Waals surface area contributed by atoms with Crippen LogP contribution in [0.3, 0.4) is 0 Å². The van der Waals surface area contributed by atoms with E-state index in [0.717, 1.165) is 11.1 Å². The number of phenolic OH excluding ortho intramolecular Hbond substituents is 4. The van der Waals surface area contributed by atoms with Gasteiger partial charge in [0.05, 0.1) is 24.9 Å². The quantitative estimate of drug-likeness (QED) is 0.0773. The Bertz CT molecular complexity index is 1370. The summed E-state index contributed by atoms with van der Waals surface area (Å²) in [7, 11) is 0. The number of hydrogen-bond acceptors (Lipinski definition) is 14. The van der Waals surface area contributed by atoms with Gasteiger partial charge >= 0.3 is 56.5 Å². The number of halogens is 6. The van der Waals surface area contributed by atoms with Gasteiger partial charge in [-0.1, -0.05) is 25.1 Å². The van der Waals surface area contributed by atoms with E-state index in [1.807, 2.05) is 0 Å². The smallest absolute Gasteiger partial charge is 0.298 e. The molecule has 0 unspecified atom stereocenters. The predicted molar refractivity (Wildman–Crippen MR) is 228 cm³/mol. The van der Waals surface area contributed by atoms with Gasteiger partial charge in [0.25, 0.3) is 6.47 Å². The largest absolute Gasteiger partial charge is 0.504 e. The third kappa shape index (κ3) is 21.2. The van der Waals surface area contributed by atoms with Crippen molar-refractivity contribution in [2.45, 2.75) is 63.1 Å². The molecule has 0 aromatic heterocycles. The minimum atomic E-state index is -1.20. The number of rotatable bonds is 8. The van der Waals surface area contributed by atoms with Gasteiger partial charge in [0.1, 0.15) is 18.0 Å². The molecule has 0 bridgehead atoms. The van der Waals surface area contributed by atoms with Crippen molar-refractivity contribution in [1.82, 2.24) is 0 Å². The summed E-state index contributed by atoms with van der Waals surface area (Å²) < 4.78 is 9.56. The van der Waals surface area contributed by atoms with E-state index in [1.54, 1.807) is 25.1 Å². The van der Waals surface area contributed by atoms with Gasteiger partial charge in [0.15, 0.2) is 23.0 Å². The van der Waals surface area contributed by atoms with Gasteiger partial charge in [-0.15, -0.1) is 24.0 Å². The van der Waals surface area contributed by atoms with E-state index in [2.05, 4.69) is 79.2 Å². The van der Waals surface area contributed by atoms with E-state index in [4.69, 9.17) is 35.4 Å². The fraction of sp³-hybridized carbons (Fsp3) is 0.419. The summed E-state index contributed by atoms with van der Waals surface area (Å²) in [5.74, 6) is -1.33. The van der Waals surface area contributed by atoms with Crippen LogP contribution >= 0.6 is 98.4 Å². The summed E-state index contributed by atoms with van der Waals surface area (Å²) in [5, 5.41) is 91.5. The van der Waals surface area contributed by atoms with Crippen molar-refractivity contribution in [1.29, 1.82) is 0 Å². The first-order valence-electron chi connectivity index (χ1n) is 14.4. The van der Waals surface area contributed by atoms with Crippen LogP contribution in [0.1, 0.15) is 30.9 Å². The van der Waals surface area contributed by atoms with Crippen molar-refractivity contribution in [2.24, 2.45) is 5.92 Å². The van der Waals surface area contributed by atoms with Gasteiger partial charge in [-0.2, -0.15) is 0 Å². The maximum atomic E-state index is 11.9. The van der Waals surface area contributed by atoms with Crippen LogP contribution in [0.4, 0.5) is 0 Å². The van der Waals surface area contributed by atoms with E-state index in [9.17, 15) is 30.0 Å². The van der Waals surface area contributed by atoms with Crippen LogP contribution in [-0.4, -0.2) is 107 Å². The Hall–Kier alpha value is 0.200. The molecule has 2 aromatic carbocycles. The maximum Gasteiger partial charge on any atom is 0.298 e.